The lowest BCUT2D eigenvalue weighted by Gasteiger charge is -2.27. The van der Waals surface area contributed by atoms with Crippen LogP contribution in [0, 0.1) is 0 Å². The van der Waals surface area contributed by atoms with Crippen LogP contribution < -0.4 is 10.9 Å². The Balaban J connectivity index is 1.39. The zero-order valence-electron chi connectivity index (χ0n) is 18.2. The second-order valence-corrected chi connectivity index (χ2v) is 10.8. The standard InChI is InChI=1S/C25H27N3O2S2/c1-3-13-28-24(30)21-19(17-11-12-17)14-31-23(21)27-25(28)32-15(2)22(29)26-20-10-6-8-16-7-4-5-9-18(16)20/h3-5,7,9,14-15,17,20H,1,6,8,10-13H2,2H3,(H,26,29)/t15-,20+/m0/s1. The molecule has 1 N–H and O–H groups in total. The van der Waals surface area contributed by atoms with E-state index in [1.807, 2.05) is 13.0 Å². The molecule has 0 saturated heterocycles. The summed E-state index contributed by atoms with van der Waals surface area (Å²) in [7, 11) is 0. The van der Waals surface area contributed by atoms with Crippen molar-refractivity contribution >= 4 is 39.2 Å². The number of nitrogens with one attached hydrogen (secondary N) is 1. The third-order valence-electron chi connectivity index (χ3n) is 6.35. The molecular formula is C25H27N3O2S2. The van der Waals surface area contributed by atoms with Crippen LogP contribution in [0.5, 0.6) is 0 Å². The van der Waals surface area contributed by atoms with Crippen molar-refractivity contribution in [2.75, 3.05) is 0 Å². The summed E-state index contributed by atoms with van der Waals surface area (Å²) < 4.78 is 1.66. The van der Waals surface area contributed by atoms with Crippen LogP contribution in [0.4, 0.5) is 0 Å². The van der Waals surface area contributed by atoms with Crippen LogP contribution >= 0.6 is 23.1 Å². The topological polar surface area (TPSA) is 64.0 Å². The molecule has 2 aliphatic rings. The summed E-state index contributed by atoms with van der Waals surface area (Å²) in [6.07, 6.45) is 7.09. The first-order valence-electron chi connectivity index (χ1n) is 11.2. The lowest BCUT2D eigenvalue weighted by Crippen LogP contribution is -2.36. The molecular weight excluding hydrogens is 438 g/mol. The third kappa shape index (κ3) is 4.04. The number of thiophene rings is 1. The zero-order valence-corrected chi connectivity index (χ0v) is 19.8. The quantitative estimate of drug-likeness (QED) is 0.296. The number of thioether (sulfide) groups is 1. The van der Waals surface area contributed by atoms with E-state index in [1.54, 1.807) is 10.6 Å². The minimum Gasteiger partial charge on any atom is -0.348 e. The number of aryl methyl sites for hydroxylation is 1. The van der Waals surface area contributed by atoms with Crippen LogP contribution in [-0.4, -0.2) is 20.7 Å². The van der Waals surface area contributed by atoms with Crippen LogP contribution in [0.2, 0.25) is 0 Å². The Hall–Kier alpha value is -2.38. The molecule has 0 spiro atoms. The molecule has 1 amide bonds. The molecule has 7 heteroatoms. The number of aromatic nitrogens is 2. The number of carbonyl (C=O) groups is 1. The average molecular weight is 466 g/mol. The van der Waals surface area contributed by atoms with Crippen molar-refractivity contribution in [3.05, 3.63) is 69.3 Å². The van der Waals surface area contributed by atoms with E-state index >= 15 is 0 Å². The molecule has 3 aromatic rings. The Morgan fingerprint density at radius 3 is 2.94 bits per heavy atom. The highest BCUT2D eigenvalue weighted by Gasteiger charge is 2.30. The minimum atomic E-state index is -0.368. The molecule has 166 valence electrons. The average Bonchev–Trinajstić information content (AvgIpc) is 3.56. The van der Waals surface area contributed by atoms with E-state index in [0.29, 0.717) is 17.6 Å². The number of hydrogen-bond acceptors (Lipinski definition) is 5. The Morgan fingerprint density at radius 1 is 1.34 bits per heavy atom. The summed E-state index contributed by atoms with van der Waals surface area (Å²) in [6.45, 7) is 6.08. The highest BCUT2D eigenvalue weighted by atomic mass is 32.2. The van der Waals surface area contributed by atoms with Crippen molar-refractivity contribution in [3.8, 4) is 0 Å². The Labute approximate surface area is 195 Å². The molecule has 2 aliphatic carbocycles. The molecule has 0 radical (unpaired) electrons. The van der Waals surface area contributed by atoms with Gasteiger partial charge in [0.05, 0.1) is 16.7 Å². The van der Waals surface area contributed by atoms with Crippen molar-refractivity contribution in [1.82, 2.24) is 14.9 Å². The second kappa shape index (κ2) is 8.87. The number of hydrogen-bond donors (Lipinski definition) is 1. The van der Waals surface area contributed by atoms with Crippen LogP contribution in [0.3, 0.4) is 0 Å². The maximum absolute atomic E-state index is 13.3. The number of carbonyl (C=O) groups excluding carboxylic acids is 1. The van der Waals surface area contributed by atoms with E-state index < -0.39 is 0 Å². The van der Waals surface area contributed by atoms with Crippen LogP contribution in [0.25, 0.3) is 10.2 Å². The molecule has 0 aliphatic heterocycles. The maximum atomic E-state index is 13.3. The minimum absolute atomic E-state index is 0.0191. The van der Waals surface area contributed by atoms with Gasteiger partial charge < -0.3 is 5.32 Å². The third-order valence-corrected chi connectivity index (χ3v) is 8.33. The van der Waals surface area contributed by atoms with Crippen molar-refractivity contribution in [1.29, 1.82) is 0 Å². The fraction of sp³-hybridized carbons (Fsp3) is 0.400. The Bertz CT molecular complexity index is 1240. The van der Waals surface area contributed by atoms with Gasteiger partial charge in [-0.05, 0) is 67.0 Å². The fourth-order valence-corrected chi connectivity index (χ4v) is 6.50. The summed E-state index contributed by atoms with van der Waals surface area (Å²) in [6, 6.07) is 8.39. The number of benzene rings is 1. The molecule has 5 nitrogen and oxygen atoms in total. The fourth-order valence-electron chi connectivity index (χ4n) is 4.51. The van der Waals surface area contributed by atoms with Gasteiger partial charge in [0.1, 0.15) is 4.83 Å². The smallest absolute Gasteiger partial charge is 0.263 e. The predicted octanol–water partition coefficient (Wildman–Crippen LogP) is 5.20. The van der Waals surface area contributed by atoms with Gasteiger partial charge in [-0.15, -0.1) is 17.9 Å². The number of nitrogens with zero attached hydrogens (tertiary/aromatic N) is 2. The van der Waals surface area contributed by atoms with E-state index in [4.69, 9.17) is 4.98 Å². The normalized spacial score (nSPS) is 18.8. The van der Waals surface area contributed by atoms with E-state index in [9.17, 15) is 9.59 Å². The van der Waals surface area contributed by atoms with Gasteiger partial charge in [0.25, 0.3) is 5.56 Å². The van der Waals surface area contributed by atoms with Crippen molar-refractivity contribution in [3.63, 3.8) is 0 Å². The number of fused-ring (bicyclic) bond motifs is 2. The SMILES string of the molecule is C=CCn1c(S[C@@H](C)C(=O)N[C@@H]2CCCc3ccccc32)nc2scc(C3CC3)c2c1=O. The molecule has 2 atom stereocenters. The summed E-state index contributed by atoms with van der Waals surface area (Å²) in [5.41, 5.74) is 3.66. The molecule has 0 bridgehead atoms. The maximum Gasteiger partial charge on any atom is 0.263 e. The van der Waals surface area contributed by atoms with Gasteiger partial charge in [-0.1, -0.05) is 42.1 Å². The van der Waals surface area contributed by atoms with Crippen molar-refractivity contribution in [2.24, 2.45) is 0 Å². The van der Waals surface area contributed by atoms with Gasteiger partial charge in [-0.25, -0.2) is 4.98 Å². The molecule has 1 aromatic carbocycles. The molecule has 5 rings (SSSR count). The summed E-state index contributed by atoms with van der Waals surface area (Å²) in [4.78, 5) is 32.0. The monoisotopic (exact) mass is 465 g/mol. The first-order chi connectivity index (χ1) is 15.6. The van der Waals surface area contributed by atoms with Gasteiger partial charge in [-0.3, -0.25) is 14.2 Å². The summed E-state index contributed by atoms with van der Waals surface area (Å²) in [5, 5.41) is 6.28. The summed E-state index contributed by atoms with van der Waals surface area (Å²) >= 11 is 2.88. The van der Waals surface area contributed by atoms with Gasteiger partial charge in [0.2, 0.25) is 5.91 Å². The van der Waals surface area contributed by atoms with E-state index in [-0.39, 0.29) is 22.8 Å². The second-order valence-electron chi connectivity index (χ2n) is 8.66. The summed E-state index contributed by atoms with van der Waals surface area (Å²) in [5.74, 6) is 0.470. The highest BCUT2D eigenvalue weighted by Crippen LogP contribution is 2.44. The Morgan fingerprint density at radius 2 is 2.16 bits per heavy atom. The van der Waals surface area contributed by atoms with Crippen molar-refractivity contribution < 1.29 is 4.79 Å². The van der Waals surface area contributed by atoms with Gasteiger partial charge >= 0.3 is 0 Å². The van der Waals surface area contributed by atoms with Gasteiger partial charge in [0, 0.05) is 6.54 Å². The lowest BCUT2D eigenvalue weighted by atomic mass is 9.88. The molecule has 1 fully saturated rings. The first kappa shape index (κ1) is 21.5. The van der Waals surface area contributed by atoms with Crippen LogP contribution in [0.1, 0.15) is 61.3 Å². The van der Waals surface area contributed by atoms with Gasteiger partial charge in [0.15, 0.2) is 5.16 Å². The molecule has 1 saturated carbocycles. The molecule has 2 heterocycles. The first-order valence-corrected chi connectivity index (χ1v) is 13.0. The molecule has 0 unspecified atom stereocenters. The highest BCUT2D eigenvalue weighted by molar-refractivity contribution is 8.00. The van der Waals surface area contributed by atoms with E-state index in [2.05, 4.69) is 35.5 Å². The zero-order chi connectivity index (χ0) is 22.2. The van der Waals surface area contributed by atoms with E-state index in [1.165, 1.54) is 34.2 Å². The van der Waals surface area contributed by atoms with Gasteiger partial charge in [-0.2, -0.15) is 0 Å². The van der Waals surface area contributed by atoms with Crippen LogP contribution in [0.15, 0.2) is 52.3 Å². The van der Waals surface area contributed by atoms with Crippen molar-refractivity contribution in [2.45, 2.75) is 67.9 Å². The number of rotatable bonds is 7. The predicted molar refractivity (Wildman–Crippen MR) is 132 cm³/mol. The van der Waals surface area contributed by atoms with E-state index in [0.717, 1.165) is 47.9 Å². The number of allylic oxidation sites excluding steroid dienone is 1. The molecule has 2 aromatic heterocycles. The van der Waals surface area contributed by atoms with Crippen LogP contribution in [-0.2, 0) is 17.8 Å². The molecule has 32 heavy (non-hydrogen) atoms. The largest absolute Gasteiger partial charge is 0.348 e. The lowest BCUT2D eigenvalue weighted by molar-refractivity contribution is -0.121. The Kier molecular flexibility index (Phi) is 5.95. The number of amides is 1.